The van der Waals surface area contributed by atoms with Crippen molar-refractivity contribution in [3.8, 4) is 0 Å². The minimum atomic E-state index is -0.844. The van der Waals surface area contributed by atoms with Crippen LogP contribution in [0.2, 0.25) is 25.7 Å². The average molecular weight is 198 g/mol. The lowest BCUT2D eigenvalue weighted by molar-refractivity contribution is 0.712. The maximum atomic E-state index is 2.47. The molecule has 0 spiro atoms. The third kappa shape index (κ3) is 9.87. The first kappa shape index (κ1) is 13.0. The van der Waals surface area contributed by atoms with E-state index in [9.17, 15) is 0 Å². The molecule has 1 heteroatoms. The van der Waals surface area contributed by atoms with Gasteiger partial charge in [0.25, 0.3) is 0 Å². The van der Waals surface area contributed by atoms with E-state index >= 15 is 0 Å². The van der Waals surface area contributed by atoms with Gasteiger partial charge in [-0.3, -0.25) is 0 Å². The van der Waals surface area contributed by atoms with Gasteiger partial charge >= 0.3 is 0 Å². The summed E-state index contributed by atoms with van der Waals surface area (Å²) in [5.41, 5.74) is 1.61. The molecular formula is C12H26Si. The van der Waals surface area contributed by atoms with Crippen molar-refractivity contribution in [2.24, 2.45) is 0 Å². The molecule has 0 rings (SSSR count). The molecule has 0 saturated heterocycles. The Kier molecular flexibility index (Phi) is 6.40. The lowest BCUT2D eigenvalue weighted by atomic mass is 10.1. The summed E-state index contributed by atoms with van der Waals surface area (Å²) in [6.07, 6.45) is 7.89. The van der Waals surface area contributed by atoms with Gasteiger partial charge in [-0.05, 0) is 25.8 Å². The van der Waals surface area contributed by atoms with Crippen LogP contribution >= 0.6 is 0 Å². The standard InChI is InChI=1S/C12H26Si/c1-6-7-8-9-12(2)10-11-13(3,4)5/h10H,6-9,11H2,1-5H3/b12-10-. The molecule has 0 fully saturated rings. The second kappa shape index (κ2) is 6.42. The molecule has 78 valence electrons. The molecule has 0 N–H and O–H groups in total. The third-order valence-electron chi connectivity index (χ3n) is 2.24. The van der Waals surface area contributed by atoms with E-state index in [2.05, 4.69) is 39.6 Å². The molecule has 0 aliphatic carbocycles. The molecular weight excluding hydrogens is 172 g/mol. The molecule has 0 aromatic rings. The van der Waals surface area contributed by atoms with Gasteiger partial charge in [0.1, 0.15) is 0 Å². The number of hydrogen-bond acceptors (Lipinski definition) is 0. The molecule has 0 amide bonds. The topological polar surface area (TPSA) is 0 Å². The second-order valence-electron chi connectivity index (χ2n) is 5.27. The van der Waals surface area contributed by atoms with Gasteiger partial charge in [-0.15, -0.1) is 0 Å². The largest absolute Gasteiger partial charge is 0.0883 e. The molecule has 0 bridgehead atoms. The smallest absolute Gasteiger partial charge is 0.0480 e. The Bertz CT molecular complexity index is 151. The highest BCUT2D eigenvalue weighted by Gasteiger charge is 2.09. The Hall–Kier alpha value is -0.0431. The van der Waals surface area contributed by atoms with Crippen molar-refractivity contribution in [3.05, 3.63) is 11.6 Å². The average Bonchev–Trinajstić information content (AvgIpc) is 2.00. The van der Waals surface area contributed by atoms with Gasteiger partial charge in [0.15, 0.2) is 0 Å². The van der Waals surface area contributed by atoms with Gasteiger partial charge in [-0.2, -0.15) is 0 Å². The molecule has 0 nitrogen and oxygen atoms in total. The molecule has 0 aliphatic heterocycles. The number of allylic oxidation sites excluding steroid dienone is 2. The zero-order valence-electron chi connectivity index (χ0n) is 10.1. The number of rotatable bonds is 6. The lowest BCUT2D eigenvalue weighted by Crippen LogP contribution is -2.17. The van der Waals surface area contributed by atoms with Crippen LogP contribution in [0.15, 0.2) is 11.6 Å². The second-order valence-corrected chi connectivity index (χ2v) is 10.8. The Morgan fingerprint density at radius 1 is 1.15 bits per heavy atom. The normalized spacial score (nSPS) is 13.5. The van der Waals surface area contributed by atoms with E-state index in [1.54, 1.807) is 5.57 Å². The Labute approximate surface area is 85.4 Å². The zero-order chi connectivity index (χ0) is 10.3. The summed E-state index contributed by atoms with van der Waals surface area (Å²) < 4.78 is 0. The first-order valence-corrected chi connectivity index (χ1v) is 9.32. The summed E-state index contributed by atoms with van der Waals surface area (Å²) in [5, 5.41) is 0. The molecule has 0 atom stereocenters. The van der Waals surface area contributed by atoms with Crippen LogP contribution in [-0.2, 0) is 0 Å². The number of unbranched alkanes of at least 4 members (excludes halogenated alkanes) is 2. The van der Waals surface area contributed by atoms with Crippen molar-refractivity contribution in [2.45, 2.75) is 65.2 Å². The molecule has 0 aliphatic rings. The monoisotopic (exact) mass is 198 g/mol. The highest BCUT2D eigenvalue weighted by molar-refractivity contribution is 6.76. The minimum Gasteiger partial charge on any atom is -0.0883 e. The van der Waals surface area contributed by atoms with Gasteiger partial charge in [0.2, 0.25) is 0 Å². The first-order chi connectivity index (χ1) is 5.95. The van der Waals surface area contributed by atoms with E-state index in [1.807, 2.05) is 0 Å². The molecule has 0 saturated carbocycles. The van der Waals surface area contributed by atoms with Crippen LogP contribution in [0.25, 0.3) is 0 Å². The van der Waals surface area contributed by atoms with Gasteiger partial charge < -0.3 is 0 Å². The van der Waals surface area contributed by atoms with Gasteiger partial charge in [0.05, 0.1) is 0 Å². The minimum absolute atomic E-state index is 0.844. The molecule has 0 heterocycles. The van der Waals surface area contributed by atoms with Crippen LogP contribution in [0.1, 0.15) is 39.5 Å². The SMILES string of the molecule is CCCCC/C(C)=C\C[Si](C)(C)C. The van der Waals surface area contributed by atoms with Crippen LogP contribution in [-0.4, -0.2) is 8.07 Å². The van der Waals surface area contributed by atoms with Crippen LogP contribution in [0.4, 0.5) is 0 Å². The van der Waals surface area contributed by atoms with Crippen molar-refractivity contribution < 1.29 is 0 Å². The molecule has 0 radical (unpaired) electrons. The Morgan fingerprint density at radius 3 is 2.23 bits per heavy atom. The molecule has 0 unspecified atom stereocenters. The van der Waals surface area contributed by atoms with Gasteiger partial charge in [0, 0.05) is 8.07 Å². The Morgan fingerprint density at radius 2 is 1.77 bits per heavy atom. The predicted octanol–water partition coefficient (Wildman–Crippen LogP) is 4.85. The van der Waals surface area contributed by atoms with Crippen LogP contribution in [0.3, 0.4) is 0 Å². The molecule has 0 aromatic heterocycles. The molecule has 13 heavy (non-hydrogen) atoms. The van der Waals surface area contributed by atoms with Crippen molar-refractivity contribution in [1.82, 2.24) is 0 Å². The van der Waals surface area contributed by atoms with Crippen LogP contribution in [0.5, 0.6) is 0 Å². The maximum Gasteiger partial charge on any atom is 0.0480 e. The van der Waals surface area contributed by atoms with Crippen molar-refractivity contribution in [2.75, 3.05) is 0 Å². The summed E-state index contributed by atoms with van der Waals surface area (Å²) >= 11 is 0. The summed E-state index contributed by atoms with van der Waals surface area (Å²) in [7, 11) is -0.844. The zero-order valence-corrected chi connectivity index (χ0v) is 11.1. The van der Waals surface area contributed by atoms with E-state index in [0.29, 0.717) is 0 Å². The molecule has 0 aromatic carbocycles. The highest BCUT2D eigenvalue weighted by Crippen LogP contribution is 2.14. The van der Waals surface area contributed by atoms with Gasteiger partial charge in [-0.25, -0.2) is 0 Å². The van der Waals surface area contributed by atoms with Crippen molar-refractivity contribution in [3.63, 3.8) is 0 Å². The fraction of sp³-hybridized carbons (Fsp3) is 0.833. The maximum absolute atomic E-state index is 2.47. The first-order valence-electron chi connectivity index (χ1n) is 5.61. The van der Waals surface area contributed by atoms with E-state index in [0.717, 1.165) is 0 Å². The lowest BCUT2D eigenvalue weighted by Gasteiger charge is -2.13. The number of hydrogen-bond donors (Lipinski definition) is 0. The summed E-state index contributed by atoms with van der Waals surface area (Å²) in [6.45, 7) is 11.9. The van der Waals surface area contributed by atoms with Crippen molar-refractivity contribution in [1.29, 1.82) is 0 Å². The van der Waals surface area contributed by atoms with E-state index in [4.69, 9.17) is 0 Å². The van der Waals surface area contributed by atoms with Crippen molar-refractivity contribution >= 4 is 8.07 Å². The fourth-order valence-electron chi connectivity index (χ4n) is 1.24. The van der Waals surface area contributed by atoms with Gasteiger partial charge in [-0.1, -0.05) is 51.1 Å². The van der Waals surface area contributed by atoms with E-state index < -0.39 is 8.07 Å². The summed E-state index contributed by atoms with van der Waals surface area (Å²) in [6, 6.07) is 1.35. The van der Waals surface area contributed by atoms with E-state index in [-0.39, 0.29) is 0 Å². The highest BCUT2D eigenvalue weighted by atomic mass is 28.3. The fourth-order valence-corrected chi connectivity index (χ4v) is 2.20. The summed E-state index contributed by atoms with van der Waals surface area (Å²) in [5.74, 6) is 0. The van der Waals surface area contributed by atoms with E-state index in [1.165, 1.54) is 31.7 Å². The van der Waals surface area contributed by atoms with Crippen LogP contribution < -0.4 is 0 Å². The summed E-state index contributed by atoms with van der Waals surface area (Å²) in [4.78, 5) is 0. The quantitative estimate of drug-likeness (QED) is 0.325. The predicted molar refractivity (Wildman–Crippen MR) is 66.1 cm³/mol. The Balaban J connectivity index is 3.63. The van der Waals surface area contributed by atoms with Crippen LogP contribution in [0, 0.1) is 0 Å². The third-order valence-corrected chi connectivity index (χ3v) is 3.67.